The molecule has 3 aromatic heterocycles. The lowest BCUT2D eigenvalue weighted by Gasteiger charge is -2.12. The molecule has 4 aromatic rings. The second kappa shape index (κ2) is 6.14. The first-order valence-electron chi connectivity index (χ1n) is 7.48. The number of nitrogens with two attached hydrogens (primary N) is 1. The zero-order chi connectivity index (χ0) is 16.5. The van der Waals surface area contributed by atoms with Crippen LogP contribution in [0, 0.1) is 0 Å². The Bertz CT molecular complexity index is 997. The van der Waals surface area contributed by atoms with E-state index < -0.39 is 0 Å². The number of aromatic nitrogens is 4. The summed E-state index contributed by atoms with van der Waals surface area (Å²) in [5, 5.41) is 4.71. The highest BCUT2D eigenvalue weighted by atomic mass is 79.9. The summed E-state index contributed by atoms with van der Waals surface area (Å²) in [6.45, 7) is 0. The van der Waals surface area contributed by atoms with Gasteiger partial charge >= 0.3 is 0 Å². The molecule has 0 aliphatic carbocycles. The fraction of sp³-hybridized carbons (Fsp3) is 0.0556. The van der Waals surface area contributed by atoms with Crippen molar-refractivity contribution in [2.24, 2.45) is 5.73 Å². The van der Waals surface area contributed by atoms with Gasteiger partial charge in [-0.1, -0.05) is 28.1 Å². The van der Waals surface area contributed by atoms with Gasteiger partial charge < -0.3 is 5.73 Å². The first kappa shape index (κ1) is 15.0. The summed E-state index contributed by atoms with van der Waals surface area (Å²) in [6, 6.07) is 15.4. The maximum Gasteiger partial charge on any atom is 0.154 e. The van der Waals surface area contributed by atoms with E-state index in [1.807, 2.05) is 59.2 Å². The summed E-state index contributed by atoms with van der Waals surface area (Å²) in [7, 11) is 0. The van der Waals surface area contributed by atoms with Crippen LogP contribution in [0.4, 0.5) is 0 Å². The molecule has 0 bridgehead atoms. The van der Waals surface area contributed by atoms with E-state index >= 15 is 0 Å². The normalized spacial score (nSPS) is 12.4. The predicted molar refractivity (Wildman–Crippen MR) is 96.4 cm³/mol. The molecule has 24 heavy (non-hydrogen) atoms. The molecule has 1 aromatic carbocycles. The van der Waals surface area contributed by atoms with Gasteiger partial charge in [-0.15, -0.1) is 0 Å². The summed E-state index contributed by atoms with van der Waals surface area (Å²) in [6.07, 6.45) is 5.29. The van der Waals surface area contributed by atoms with E-state index in [9.17, 15) is 0 Å². The lowest BCUT2D eigenvalue weighted by Crippen LogP contribution is -2.15. The lowest BCUT2D eigenvalue weighted by molar-refractivity contribution is 0.770. The average Bonchev–Trinajstić information content (AvgIpc) is 3.05. The van der Waals surface area contributed by atoms with Crippen molar-refractivity contribution >= 4 is 21.6 Å². The Morgan fingerprint density at radius 1 is 1.04 bits per heavy atom. The average molecular weight is 380 g/mol. The van der Waals surface area contributed by atoms with Gasteiger partial charge in [0, 0.05) is 22.4 Å². The molecule has 0 fully saturated rings. The van der Waals surface area contributed by atoms with E-state index in [1.165, 1.54) is 0 Å². The summed E-state index contributed by atoms with van der Waals surface area (Å²) in [5.74, 6) is 0. The molecule has 0 saturated carbocycles. The zero-order valence-corrected chi connectivity index (χ0v) is 14.3. The maximum absolute atomic E-state index is 6.36. The van der Waals surface area contributed by atoms with E-state index in [-0.39, 0.29) is 6.04 Å². The summed E-state index contributed by atoms with van der Waals surface area (Å²) in [5.41, 5.74) is 10.9. The predicted octanol–water partition coefficient (Wildman–Crippen LogP) is 3.60. The van der Waals surface area contributed by atoms with E-state index in [0.29, 0.717) is 0 Å². The van der Waals surface area contributed by atoms with Gasteiger partial charge in [-0.3, -0.25) is 4.98 Å². The smallest absolute Gasteiger partial charge is 0.154 e. The number of imidazole rings is 1. The zero-order valence-electron chi connectivity index (χ0n) is 12.7. The van der Waals surface area contributed by atoms with Crippen LogP contribution in [0.2, 0.25) is 0 Å². The Kier molecular flexibility index (Phi) is 3.84. The van der Waals surface area contributed by atoms with Crippen LogP contribution in [0.5, 0.6) is 0 Å². The van der Waals surface area contributed by atoms with Gasteiger partial charge in [-0.25, -0.2) is 9.50 Å². The number of hydrogen-bond acceptors (Lipinski definition) is 4. The highest BCUT2D eigenvalue weighted by Crippen LogP contribution is 2.24. The van der Waals surface area contributed by atoms with Crippen LogP contribution in [0.25, 0.3) is 16.9 Å². The SMILES string of the molecule is NC(c1ccncc1)c1ccc2ncc(-c3cccc(Br)c3)n2n1. The number of benzene rings is 1. The van der Waals surface area contributed by atoms with Gasteiger partial charge in [0.15, 0.2) is 5.65 Å². The van der Waals surface area contributed by atoms with E-state index in [1.54, 1.807) is 12.4 Å². The number of hydrogen-bond donors (Lipinski definition) is 1. The molecule has 4 rings (SSSR count). The van der Waals surface area contributed by atoms with Crippen molar-refractivity contribution in [1.29, 1.82) is 0 Å². The van der Waals surface area contributed by atoms with Crippen molar-refractivity contribution in [2.75, 3.05) is 0 Å². The Labute approximate surface area is 147 Å². The molecule has 0 spiro atoms. The third-order valence-corrected chi connectivity index (χ3v) is 4.38. The molecule has 0 aliphatic rings. The minimum atomic E-state index is -0.310. The van der Waals surface area contributed by atoms with Gasteiger partial charge in [0.1, 0.15) is 0 Å². The number of pyridine rings is 1. The van der Waals surface area contributed by atoms with E-state index in [0.717, 1.165) is 32.6 Å². The third-order valence-electron chi connectivity index (χ3n) is 3.89. The fourth-order valence-corrected chi connectivity index (χ4v) is 3.04. The molecule has 3 heterocycles. The van der Waals surface area contributed by atoms with Crippen LogP contribution in [0.15, 0.2) is 71.6 Å². The van der Waals surface area contributed by atoms with Crippen molar-refractivity contribution < 1.29 is 0 Å². The van der Waals surface area contributed by atoms with Crippen LogP contribution in [-0.4, -0.2) is 19.6 Å². The number of rotatable bonds is 3. The van der Waals surface area contributed by atoms with E-state index in [4.69, 9.17) is 10.8 Å². The first-order chi connectivity index (χ1) is 11.7. The minimum absolute atomic E-state index is 0.310. The summed E-state index contributed by atoms with van der Waals surface area (Å²) in [4.78, 5) is 8.46. The Morgan fingerprint density at radius 3 is 2.67 bits per heavy atom. The van der Waals surface area contributed by atoms with Gasteiger partial charge in [-0.05, 0) is 42.0 Å². The quantitative estimate of drug-likeness (QED) is 0.590. The molecule has 5 nitrogen and oxygen atoms in total. The van der Waals surface area contributed by atoms with Crippen molar-refractivity contribution in [1.82, 2.24) is 19.6 Å². The van der Waals surface area contributed by atoms with Gasteiger partial charge in [0.25, 0.3) is 0 Å². The summed E-state index contributed by atoms with van der Waals surface area (Å²) >= 11 is 3.50. The number of halogens is 1. The molecule has 0 aliphatic heterocycles. The molecule has 0 saturated heterocycles. The van der Waals surface area contributed by atoms with Crippen molar-refractivity contribution in [3.8, 4) is 11.3 Å². The van der Waals surface area contributed by atoms with Crippen molar-refractivity contribution in [3.63, 3.8) is 0 Å². The molecule has 118 valence electrons. The standard InChI is InChI=1S/C18H14BrN5/c19-14-3-1-2-13(10-14)16-11-22-17-5-4-15(23-24(16)17)18(20)12-6-8-21-9-7-12/h1-11,18H,20H2. The van der Waals surface area contributed by atoms with E-state index in [2.05, 4.69) is 25.9 Å². The van der Waals surface area contributed by atoms with Crippen LogP contribution in [0.3, 0.4) is 0 Å². The van der Waals surface area contributed by atoms with Crippen molar-refractivity contribution in [3.05, 3.63) is 82.9 Å². The molecule has 0 radical (unpaired) electrons. The van der Waals surface area contributed by atoms with Crippen LogP contribution in [0.1, 0.15) is 17.3 Å². The van der Waals surface area contributed by atoms with Gasteiger partial charge in [-0.2, -0.15) is 5.10 Å². The van der Waals surface area contributed by atoms with Crippen LogP contribution >= 0.6 is 15.9 Å². The van der Waals surface area contributed by atoms with Crippen molar-refractivity contribution in [2.45, 2.75) is 6.04 Å². The fourth-order valence-electron chi connectivity index (χ4n) is 2.64. The lowest BCUT2D eigenvalue weighted by atomic mass is 10.1. The Morgan fingerprint density at radius 2 is 1.88 bits per heavy atom. The molecule has 0 amide bonds. The molecule has 2 N–H and O–H groups in total. The number of nitrogens with zero attached hydrogens (tertiary/aromatic N) is 4. The summed E-state index contributed by atoms with van der Waals surface area (Å²) < 4.78 is 2.85. The molecular formula is C18H14BrN5. The van der Waals surface area contributed by atoms with Crippen LogP contribution < -0.4 is 5.73 Å². The van der Waals surface area contributed by atoms with Gasteiger partial charge in [0.05, 0.1) is 23.6 Å². The van der Waals surface area contributed by atoms with Gasteiger partial charge in [0.2, 0.25) is 0 Å². The largest absolute Gasteiger partial charge is 0.319 e. The second-order valence-corrected chi connectivity index (χ2v) is 6.36. The maximum atomic E-state index is 6.36. The monoisotopic (exact) mass is 379 g/mol. The highest BCUT2D eigenvalue weighted by Gasteiger charge is 2.13. The van der Waals surface area contributed by atoms with Crippen LogP contribution in [-0.2, 0) is 0 Å². The molecule has 6 heteroatoms. The molecular weight excluding hydrogens is 366 g/mol. The second-order valence-electron chi connectivity index (χ2n) is 5.44. The number of fused-ring (bicyclic) bond motifs is 1. The molecule has 1 unspecified atom stereocenters. The highest BCUT2D eigenvalue weighted by molar-refractivity contribution is 9.10. The Hall–Kier alpha value is -2.57. The minimum Gasteiger partial charge on any atom is -0.319 e. The molecule has 1 atom stereocenters. The first-order valence-corrected chi connectivity index (χ1v) is 8.28. The third kappa shape index (κ3) is 2.70. The topological polar surface area (TPSA) is 69.1 Å². The Balaban J connectivity index is 1.82.